The van der Waals surface area contributed by atoms with Crippen LogP contribution < -0.4 is 10.6 Å². The van der Waals surface area contributed by atoms with Gasteiger partial charge in [-0.3, -0.25) is 4.79 Å². The lowest BCUT2D eigenvalue weighted by molar-refractivity contribution is -0.131. The molecule has 21 heavy (non-hydrogen) atoms. The number of halogens is 1. The third-order valence-electron chi connectivity index (χ3n) is 3.40. The minimum atomic E-state index is -3.85. The number of carbonyl (C=O) groups excluding carboxylic acids is 1. The molecular formula is C12H17BrN4O3S. The number of hydrogen-bond acceptors (Lipinski definition) is 5. The normalized spacial score (nSPS) is 19.1. The van der Waals surface area contributed by atoms with E-state index in [4.69, 9.17) is 0 Å². The van der Waals surface area contributed by atoms with E-state index >= 15 is 0 Å². The van der Waals surface area contributed by atoms with Crippen LogP contribution in [0.4, 0.5) is 5.82 Å². The van der Waals surface area contributed by atoms with Crippen LogP contribution in [0.2, 0.25) is 0 Å². The molecule has 0 radical (unpaired) electrons. The average molecular weight is 377 g/mol. The van der Waals surface area contributed by atoms with E-state index in [1.807, 2.05) is 0 Å². The lowest BCUT2D eigenvalue weighted by Gasteiger charge is -2.40. The minimum absolute atomic E-state index is 0.0437. The number of aromatic nitrogens is 1. The number of piperazine rings is 1. The highest BCUT2D eigenvalue weighted by Gasteiger charge is 2.45. The summed E-state index contributed by atoms with van der Waals surface area (Å²) in [5.74, 6) is -0.0636. The molecule has 0 aliphatic carbocycles. The third kappa shape index (κ3) is 2.77. The van der Waals surface area contributed by atoms with Crippen molar-refractivity contribution in [3.05, 3.63) is 16.7 Å². The fourth-order valence-corrected chi connectivity index (χ4v) is 4.64. The summed E-state index contributed by atoms with van der Waals surface area (Å²) < 4.78 is 27.6. The Bertz CT molecular complexity index is 675. The molecule has 1 aromatic rings. The molecule has 0 aromatic carbocycles. The Kier molecular flexibility index (Phi) is 4.27. The Hall–Kier alpha value is -1.19. The molecule has 0 unspecified atom stereocenters. The van der Waals surface area contributed by atoms with Crippen LogP contribution in [0, 0.1) is 0 Å². The van der Waals surface area contributed by atoms with Crippen molar-refractivity contribution in [1.82, 2.24) is 14.6 Å². The second kappa shape index (κ2) is 5.54. The Labute approximate surface area is 132 Å². The lowest BCUT2D eigenvalue weighted by atomic mass is 10.0. The van der Waals surface area contributed by atoms with Gasteiger partial charge < -0.3 is 10.6 Å². The molecular weight excluding hydrogens is 360 g/mol. The van der Waals surface area contributed by atoms with Gasteiger partial charge in [0.05, 0.1) is 0 Å². The first kappa shape index (κ1) is 16.2. The number of sulfonamides is 1. The van der Waals surface area contributed by atoms with Gasteiger partial charge >= 0.3 is 0 Å². The largest absolute Gasteiger partial charge is 0.372 e. The van der Waals surface area contributed by atoms with E-state index in [1.165, 1.54) is 16.6 Å². The fraction of sp³-hybridized carbons (Fsp3) is 0.500. The molecule has 9 heteroatoms. The van der Waals surface area contributed by atoms with Crippen LogP contribution in [0.15, 0.2) is 21.6 Å². The number of hydrogen-bond donors (Lipinski definition) is 2. The maximum absolute atomic E-state index is 12.9. The summed E-state index contributed by atoms with van der Waals surface area (Å²) in [6, 6.07) is 1.48. The van der Waals surface area contributed by atoms with Gasteiger partial charge in [-0.25, -0.2) is 13.4 Å². The van der Waals surface area contributed by atoms with E-state index in [0.717, 1.165) is 0 Å². The molecule has 1 saturated heterocycles. The lowest BCUT2D eigenvalue weighted by Crippen LogP contribution is -2.63. The molecule has 0 bridgehead atoms. The second-order valence-electron chi connectivity index (χ2n) is 5.14. The Morgan fingerprint density at radius 3 is 2.76 bits per heavy atom. The number of rotatable bonds is 3. The van der Waals surface area contributed by atoms with Gasteiger partial charge in [0.25, 0.3) is 0 Å². The molecule has 1 fully saturated rings. The highest BCUT2D eigenvalue weighted by Crippen LogP contribution is 2.31. The van der Waals surface area contributed by atoms with Crippen molar-refractivity contribution < 1.29 is 13.2 Å². The topological polar surface area (TPSA) is 91.4 Å². The fourth-order valence-electron chi connectivity index (χ4n) is 2.22. The van der Waals surface area contributed by atoms with Crippen molar-refractivity contribution in [2.24, 2.45) is 0 Å². The van der Waals surface area contributed by atoms with Crippen LogP contribution in [0.5, 0.6) is 0 Å². The molecule has 2 rings (SSSR count). The monoisotopic (exact) mass is 376 g/mol. The van der Waals surface area contributed by atoms with Gasteiger partial charge in [-0.15, -0.1) is 0 Å². The van der Waals surface area contributed by atoms with Crippen LogP contribution in [-0.4, -0.2) is 49.3 Å². The summed E-state index contributed by atoms with van der Waals surface area (Å²) in [6.45, 7) is 3.68. The van der Waals surface area contributed by atoms with Gasteiger partial charge in [-0.2, -0.15) is 4.31 Å². The quantitative estimate of drug-likeness (QED) is 0.813. The standard InChI is InChI=1S/C12H17BrN4O3S/c1-12(2)11(18)15-4-5-17(12)21(19,20)9-6-8(13)7-16-10(9)14-3/h6-7H,4-5H2,1-3H3,(H,14,16)(H,15,18). The van der Waals surface area contributed by atoms with Crippen LogP contribution in [0.1, 0.15) is 13.8 Å². The predicted octanol–water partition coefficient (Wildman–Crippen LogP) is 0.785. The molecule has 1 aromatic heterocycles. The molecule has 1 aliphatic rings. The third-order valence-corrected chi connectivity index (χ3v) is 5.92. The number of pyridine rings is 1. The molecule has 0 spiro atoms. The first-order chi connectivity index (χ1) is 9.71. The summed E-state index contributed by atoms with van der Waals surface area (Å²) in [4.78, 5) is 16.1. The molecule has 7 nitrogen and oxygen atoms in total. The zero-order valence-corrected chi connectivity index (χ0v) is 14.4. The molecule has 116 valence electrons. The number of anilines is 1. The van der Waals surface area contributed by atoms with E-state index in [-0.39, 0.29) is 29.7 Å². The van der Waals surface area contributed by atoms with Gasteiger partial charge in [0, 0.05) is 30.8 Å². The first-order valence-corrected chi connectivity index (χ1v) is 8.59. The average Bonchev–Trinajstić information content (AvgIpc) is 2.41. The van der Waals surface area contributed by atoms with E-state index in [9.17, 15) is 13.2 Å². The second-order valence-corrected chi connectivity index (χ2v) is 7.89. The number of nitrogens with one attached hydrogen (secondary N) is 2. The Morgan fingerprint density at radius 2 is 2.14 bits per heavy atom. The van der Waals surface area contributed by atoms with Crippen molar-refractivity contribution in [1.29, 1.82) is 0 Å². The molecule has 1 amide bonds. The molecule has 0 saturated carbocycles. The van der Waals surface area contributed by atoms with E-state index < -0.39 is 15.6 Å². The summed E-state index contributed by atoms with van der Waals surface area (Å²) in [7, 11) is -2.25. The van der Waals surface area contributed by atoms with Crippen molar-refractivity contribution in [3.8, 4) is 0 Å². The van der Waals surface area contributed by atoms with Gasteiger partial charge in [0.2, 0.25) is 15.9 Å². The highest BCUT2D eigenvalue weighted by molar-refractivity contribution is 9.10. The smallest absolute Gasteiger partial charge is 0.247 e. The van der Waals surface area contributed by atoms with E-state index in [1.54, 1.807) is 20.9 Å². The van der Waals surface area contributed by atoms with Crippen molar-refractivity contribution in [2.75, 3.05) is 25.5 Å². The molecule has 2 heterocycles. The van der Waals surface area contributed by atoms with Gasteiger partial charge in [-0.05, 0) is 35.8 Å². The van der Waals surface area contributed by atoms with Gasteiger partial charge in [0.1, 0.15) is 16.3 Å². The van der Waals surface area contributed by atoms with Crippen molar-refractivity contribution >= 4 is 37.7 Å². The van der Waals surface area contributed by atoms with Crippen LogP contribution in [0.3, 0.4) is 0 Å². The van der Waals surface area contributed by atoms with Crippen LogP contribution >= 0.6 is 15.9 Å². The first-order valence-electron chi connectivity index (χ1n) is 6.35. The summed E-state index contributed by atoms with van der Waals surface area (Å²) in [5, 5.41) is 5.45. The van der Waals surface area contributed by atoms with E-state index in [0.29, 0.717) is 4.47 Å². The SMILES string of the molecule is CNc1ncc(Br)cc1S(=O)(=O)N1CCNC(=O)C1(C)C. The Balaban J connectivity index is 2.57. The maximum atomic E-state index is 12.9. The zero-order valence-electron chi connectivity index (χ0n) is 12.0. The zero-order chi connectivity index (χ0) is 15.8. The van der Waals surface area contributed by atoms with Crippen molar-refractivity contribution in [3.63, 3.8) is 0 Å². The van der Waals surface area contributed by atoms with Crippen molar-refractivity contribution in [2.45, 2.75) is 24.3 Å². The van der Waals surface area contributed by atoms with Gasteiger partial charge in [-0.1, -0.05) is 0 Å². The highest BCUT2D eigenvalue weighted by atomic mass is 79.9. The summed E-state index contributed by atoms with van der Waals surface area (Å²) >= 11 is 3.23. The molecule has 2 N–H and O–H groups in total. The van der Waals surface area contributed by atoms with Crippen LogP contribution in [-0.2, 0) is 14.8 Å². The number of nitrogens with zero attached hydrogens (tertiary/aromatic N) is 2. The minimum Gasteiger partial charge on any atom is -0.372 e. The molecule has 1 aliphatic heterocycles. The van der Waals surface area contributed by atoms with Crippen LogP contribution in [0.25, 0.3) is 0 Å². The summed E-state index contributed by atoms with van der Waals surface area (Å²) in [5.41, 5.74) is -1.15. The summed E-state index contributed by atoms with van der Waals surface area (Å²) in [6.07, 6.45) is 1.51. The Morgan fingerprint density at radius 1 is 1.48 bits per heavy atom. The van der Waals surface area contributed by atoms with E-state index in [2.05, 4.69) is 31.5 Å². The molecule has 0 atom stereocenters. The number of carbonyl (C=O) groups is 1. The maximum Gasteiger partial charge on any atom is 0.247 e. The number of amides is 1. The van der Waals surface area contributed by atoms with Gasteiger partial charge in [0.15, 0.2) is 0 Å². The predicted molar refractivity (Wildman–Crippen MR) is 82.5 cm³/mol.